The molecule has 0 spiro atoms. The van der Waals surface area contributed by atoms with Crippen molar-refractivity contribution in [2.75, 3.05) is 19.8 Å². The Balaban J connectivity index is 2.25. The van der Waals surface area contributed by atoms with Crippen molar-refractivity contribution in [2.45, 2.75) is 13.1 Å². The van der Waals surface area contributed by atoms with Crippen molar-refractivity contribution in [3.05, 3.63) is 40.2 Å². The molecule has 0 aliphatic rings. The molecule has 0 bridgehead atoms. The highest BCUT2D eigenvalue weighted by Crippen LogP contribution is 2.33. The number of benzene rings is 1. The quantitative estimate of drug-likeness (QED) is 0.472. The first kappa shape index (κ1) is 17.7. The molecule has 0 radical (unpaired) electrons. The summed E-state index contributed by atoms with van der Waals surface area (Å²) in [5, 5.41) is 11.1. The van der Waals surface area contributed by atoms with Gasteiger partial charge in [-0.25, -0.2) is 4.98 Å². The number of aromatic amines is 1. The van der Waals surface area contributed by atoms with Gasteiger partial charge >= 0.3 is 11.9 Å². The zero-order valence-electron chi connectivity index (χ0n) is 12.6. The summed E-state index contributed by atoms with van der Waals surface area (Å²) in [4.78, 5) is 16.2. The highest BCUT2D eigenvalue weighted by molar-refractivity contribution is 5.63. The predicted molar refractivity (Wildman–Crippen MR) is 77.7 cm³/mol. The van der Waals surface area contributed by atoms with E-state index >= 15 is 0 Å². The minimum Gasteiger partial charge on any atom is -0.484 e. The summed E-state index contributed by atoms with van der Waals surface area (Å²) in [6.07, 6.45) is -3.94. The molecule has 10 heteroatoms. The van der Waals surface area contributed by atoms with Gasteiger partial charge < -0.3 is 14.5 Å². The Morgan fingerprint density at radius 1 is 1.33 bits per heavy atom. The fraction of sp³-hybridized carbons (Fsp3) is 0.357. The fourth-order valence-corrected chi connectivity index (χ4v) is 1.90. The van der Waals surface area contributed by atoms with Gasteiger partial charge in [0.05, 0.1) is 17.7 Å². The van der Waals surface area contributed by atoms with E-state index in [9.17, 15) is 23.3 Å². The molecule has 1 N–H and O–H groups in total. The number of alkyl halides is 3. The lowest BCUT2D eigenvalue weighted by Gasteiger charge is -2.08. The number of ether oxygens (including phenoxy) is 2. The molecule has 0 atom stereocenters. The first-order valence-corrected chi connectivity index (χ1v) is 6.94. The van der Waals surface area contributed by atoms with E-state index in [1.807, 2.05) is 0 Å². The van der Waals surface area contributed by atoms with E-state index in [4.69, 9.17) is 9.47 Å². The molecule has 130 valence electrons. The van der Waals surface area contributed by atoms with Gasteiger partial charge in [0.2, 0.25) is 0 Å². The first-order chi connectivity index (χ1) is 11.3. The van der Waals surface area contributed by atoms with Crippen LogP contribution < -0.4 is 4.74 Å². The Kier molecular flexibility index (Phi) is 5.39. The zero-order valence-corrected chi connectivity index (χ0v) is 12.6. The molecule has 0 aliphatic carbocycles. The smallest absolute Gasteiger partial charge is 0.432 e. The maximum absolute atomic E-state index is 12.6. The van der Waals surface area contributed by atoms with Crippen LogP contribution in [0.1, 0.15) is 12.6 Å². The van der Waals surface area contributed by atoms with Crippen LogP contribution in [-0.4, -0.2) is 34.7 Å². The summed E-state index contributed by atoms with van der Waals surface area (Å²) >= 11 is 0. The van der Waals surface area contributed by atoms with Crippen molar-refractivity contribution in [3.8, 4) is 17.1 Å². The predicted octanol–water partition coefficient (Wildman–Crippen LogP) is 3.42. The van der Waals surface area contributed by atoms with Crippen molar-refractivity contribution < 1.29 is 27.6 Å². The van der Waals surface area contributed by atoms with Crippen molar-refractivity contribution in [1.29, 1.82) is 0 Å². The number of aromatic nitrogens is 2. The fourth-order valence-electron chi connectivity index (χ4n) is 1.90. The highest BCUT2D eigenvalue weighted by Gasteiger charge is 2.33. The van der Waals surface area contributed by atoms with Crippen molar-refractivity contribution in [2.24, 2.45) is 0 Å². The Labute approximate surface area is 134 Å². The van der Waals surface area contributed by atoms with Gasteiger partial charge in [-0.3, -0.25) is 10.1 Å². The molecular formula is C14H14F3N3O4. The molecule has 2 rings (SSSR count). The number of H-pyrrole nitrogens is 1. The highest BCUT2D eigenvalue weighted by atomic mass is 19.4. The van der Waals surface area contributed by atoms with Crippen LogP contribution in [0.3, 0.4) is 0 Å². The number of imidazole rings is 1. The summed E-state index contributed by atoms with van der Waals surface area (Å²) in [7, 11) is 0. The summed E-state index contributed by atoms with van der Waals surface area (Å²) in [6, 6.07) is 3.81. The Hall–Kier alpha value is -2.62. The molecule has 0 saturated heterocycles. The number of hydrogen-bond acceptors (Lipinski definition) is 5. The van der Waals surface area contributed by atoms with Gasteiger partial charge in [0.25, 0.3) is 0 Å². The zero-order chi connectivity index (χ0) is 17.7. The molecule has 2 aromatic rings. The summed E-state index contributed by atoms with van der Waals surface area (Å²) < 4.78 is 48.1. The van der Waals surface area contributed by atoms with Crippen LogP contribution >= 0.6 is 0 Å². The third-order valence-corrected chi connectivity index (χ3v) is 3.00. The molecule has 1 aromatic carbocycles. The van der Waals surface area contributed by atoms with E-state index in [2.05, 4.69) is 9.97 Å². The molecule has 7 nitrogen and oxygen atoms in total. The third kappa shape index (κ3) is 4.22. The van der Waals surface area contributed by atoms with Crippen LogP contribution in [0.5, 0.6) is 5.75 Å². The van der Waals surface area contributed by atoms with Gasteiger partial charge in [0, 0.05) is 18.2 Å². The van der Waals surface area contributed by atoms with Gasteiger partial charge in [0.15, 0.2) is 5.75 Å². The van der Waals surface area contributed by atoms with Crippen LogP contribution in [0.25, 0.3) is 11.4 Å². The standard InChI is InChI=1S/C14H14F3N3O4/c1-2-23-5-6-24-11-4-3-9(7-10(11)20(21)22)13-18-8-12(19-13)14(15,16)17/h3-4,7-8H,2,5-6H2,1H3,(H,18,19). The van der Waals surface area contributed by atoms with Crippen LogP contribution in [0.15, 0.2) is 24.4 Å². The second kappa shape index (κ2) is 7.30. The van der Waals surface area contributed by atoms with Gasteiger partial charge in [-0.2, -0.15) is 13.2 Å². The van der Waals surface area contributed by atoms with E-state index in [1.54, 1.807) is 6.92 Å². The molecule has 0 fully saturated rings. The average molecular weight is 345 g/mol. The Bertz CT molecular complexity index is 716. The number of hydrogen-bond donors (Lipinski definition) is 1. The van der Waals surface area contributed by atoms with E-state index < -0.39 is 16.8 Å². The van der Waals surface area contributed by atoms with Gasteiger partial charge in [-0.1, -0.05) is 0 Å². The topological polar surface area (TPSA) is 90.3 Å². The van der Waals surface area contributed by atoms with E-state index in [-0.39, 0.29) is 36.0 Å². The molecule has 24 heavy (non-hydrogen) atoms. The van der Waals surface area contributed by atoms with Crippen LogP contribution in [0.2, 0.25) is 0 Å². The molecule has 0 amide bonds. The van der Waals surface area contributed by atoms with Crippen LogP contribution in [0.4, 0.5) is 18.9 Å². The number of nitro groups is 1. The second-order valence-corrected chi connectivity index (χ2v) is 4.63. The number of rotatable bonds is 7. The van der Waals surface area contributed by atoms with Crippen molar-refractivity contribution >= 4 is 5.69 Å². The van der Waals surface area contributed by atoms with Gasteiger partial charge in [-0.05, 0) is 19.1 Å². The molecule has 1 heterocycles. The number of nitrogens with zero attached hydrogens (tertiary/aromatic N) is 2. The van der Waals surface area contributed by atoms with E-state index in [0.29, 0.717) is 12.8 Å². The molecular weight excluding hydrogens is 331 g/mol. The lowest BCUT2D eigenvalue weighted by Crippen LogP contribution is -2.07. The molecule has 0 aliphatic heterocycles. The van der Waals surface area contributed by atoms with Gasteiger partial charge in [0.1, 0.15) is 18.1 Å². The summed E-state index contributed by atoms with van der Waals surface area (Å²) in [5.74, 6) is -0.114. The minimum absolute atomic E-state index is 0.00561. The minimum atomic E-state index is -4.57. The molecule has 1 aromatic heterocycles. The normalized spacial score (nSPS) is 11.5. The average Bonchev–Trinajstić information content (AvgIpc) is 3.01. The molecule has 0 saturated carbocycles. The second-order valence-electron chi connectivity index (χ2n) is 4.63. The summed E-state index contributed by atoms with van der Waals surface area (Å²) in [5.41, 5.74) is -1.25. The first-order valence-electron chi connectivity index (χ1n) is 6.94. The number of nitrogens with one attached hydrogen (secondary N) is 1. The Morgan fingerprint density at radius 3 is 2.67 bits per heavy atom. The van der Waals surface area contributed by atoms with Crippen molar-refractivity contribution in [3.63, 3.8) is 0 Å². The maximum Gasteiger partial charge on any atom is 0.432 e. The lowest BCUT2D eigenvalue weighted by atomic mass is 10.2. The Morgan fingerprint density at radius 2 is 2.08 bits per heavy atom. The van der Waals surface area contributed by atoms with Crippen molar-refractivity contribution in [1.82, 2.24) is 9.97 Å². The maximum atomic E-state index is 12.6. The third-order valence-electron chi connectivity index (χ3n) is 3.00. The lowest BCUT2D eigenvalue weighted by molar-refractivity contribution is -0.385. The molecule has 0 unspecified atom stereocenters. The summed E-state index contributed by atoms with van der Waals surface area (Å²) in [6.45, 7) is 2.68. The van der Waals surface area contributed by atoms with Crippen LogP contribution in [-0.2, 0) is 10.9 Å². The van der Waals surface area contributed by atoms with Gasteiger partial charge in [-0.15, -0.1) is 0 Å². The number of nitro benzene ring substituents is 1. The number of halogens is 3. The van der Waals surface area contributed by atoms with E-state index in [0.717, 1.165) is 6.07 Å². The van der Waals surface area contributed by atoms with Crippen LogP contribution in [0, 0.1) is 10.1 Å². The largest absolute Gasteiger partial charge is 0.484 e. The monoisotopic (exact) mass is 345 g/mol. The van der Waals surface area contributed by atoms with E-state index in [1.165, 1.54) is 12.1 Å². The SMILES string of the molecule is CCOCCOc1ccc(-c2ncc(C(F)(F)F)[nH]2)cc1[N+](=O)[O-].